The molecule has 5 atom stereocenters. The van der Waals surface area contributed by atoms with Gasteiger partial charge in [-0.25, -0.2) is 4.79 Å². The van der Waals surface area contributed by atoms with E-state index >= 15 is 0 Å². The first kappa shape index (κ1) is 33.2. The number of carboxylic acid groups (broad SMARTS) is 1. The van der Waals surface area contributed by atoms with E-state index in [1.807, 2.05) is 26.8 Å². The van der Waals surface area contributed by atoms with Gasteiger partial charge < -0.3 is 29.5 Å². The minimum Gasteiger partial charge on any atom is -0.507 e. The van der Waals surface area contributed by atoms with Crippen LogP contribution in [0.4, 0.5) is 0 Å². The topological polar surface area (TPSA) is 140 Å². The van der Waals surface area contributed by atoms with Crippen molar-refractivity contribution in [1.29, 1.82) is 0 Å². The average molecular weight is 647 g/mol. The molecule has 2 fully saturated rings. The molecular weight excluding hydrogens is 600 g/mol. The molecule has 0 radical (unpaired) electrons. The SMILES string of the molecule is CC(C)=CCC/C(C)=C/Cc1c(O)c2c(c3c1O[C@@H](C(C)(C)O)C3)O[C@]13C(=C[C@@H]4C[C@H]1C(C)(C)O[C@@]3(C/C=C(\C)C(=O)O)C4=O)C2=O. The number of ketones is 2. The van der Waals surface area contributed by atoms with Gasteiger partial charge in [0.15, 0.2) is 22.8 Å². The molecule has 3 aliphatic heterocycles. The number of hydrogen-bond donors (Lipinski definition) is 3. The summed E-state index contributed by atoms with van der Waals surface area (Å²) in [5.41, 5.74) is -1.61. The summed E-state index contributed by atoms with van der Waals surface area (Å²) in [6.07, 6.45) is 9.25. The lowest BCUT2D eigenvalue weighted by atomic mass is 9.51. The average Bonchev–Trinajstić information content (AvgIpc) is 3.49. The molecule has 3 heterocycles. The van der Waals surface area contributed by atoms with Crippen molar-refractivity contribution < 1.29 is 43.9 Å². The maximum Gasteiger partial charge on any atom is 0.330 e. The Morgan fingerprint density at radius 3 is 2.43 bits per heavy atom. The van der Waals surface area contributed by atoms with Gasteiger partial charge in [-0.15, -0.1) is 0 Å². The summed E-state index contributed by atoms with van der Waals surface area (Å²) >= 11 is 0. The van der Waals surface area contributed by atoms with Crippen LogP contribution in [0.5, 0.6) is 17.2 Å². The van der Waals surface area contributed by atoms with Gasteiger partial charge >= 0.3 is 5.97 Å². The molecule has 1 aromatic rings. The predicted molar refractivity (Wildman–Crippen MR) is 175 cm³/mol. The Kier molecular flexibility index (Phi) is 7.72. The predicted octanol–water partition coefficient (Wildman–Crippen LogP) is 6.13. The maximum absolute atomic E-state index is 14.8. The molecule has 1 spiro atoms. The van der Waals surface area contributed by atoms with Gasteiger partial charge in [-0.3, -0.25) is 9.59 Å². The van der Waals surface area contributed by atoms with Crippen molar-refractivity contribution in [3.05, 3.63) is 63.3 Å². The van der Waals surface area contributed by atoms with Gasteiger partial charge in [-0.1, -0.05) is 35.5 Å². The number of aliphatic hydroxyl groups is 1. The largest absolute Gasteiger partial charge is 0.507 e. The standard InChI is InChI=1S/C38H46O9/c1-19(2)10-9-11-20(3)12-13-23-29(39)28-30(40)25-16-22-17-26-36(7,8)47-37(33(22)41,15-14-21(4)34(42)43)38(25,26)46-32(28)24-18-27(35(5,6)44)45-31(23)24/h10,12,14,16,22,26-27,39,44H,9,11,13,15,17-18H2,1-8H3,(H,42,43)/b20-12+,21-14+/t22-,26+,27-,37+,38-/m1/s1. The van der Waals surface area contributed by atoms with E-state index in [9.17, 15) is 29.7 Å². The second-order valence-electron chi connectivity index (χ2n) is 15.3. The first-order chi connectivity index (χ1) is 21.9. The van der Waals surface area contributed by atoms with E-state index in [2.05, 4.69) is 19.9 Å². The monoisotopic (exact) mass is 646 g/mol. The molecule has 0 unspecified atom stereocenters. The smallest absolute Gasteiger partial charge is 0.330 e. The minimum absolute atomic E-state index is 0.0239. The third-order valence-corrected chi connectivity index (χ3v) is 10.9. The molecule has 6 aliphatic rings. The third-order valence-electron chi connectivity index (χ3n) is 10.9. The lowest BCUT2D eigenvalue weighted by Crippen LogP contribution is -2.72. The molecule has 9 nitrogen and oxygen atoms in total. The molecular formula is C38H46O9. The molecule has 1 aromatic carbocycles. The first-order valence-corrected chi connectivity index (χ1v) is 16.5. The van der Waals surface area contributed by atoms with Crippen LogP contribution in [0.2, 0.25) is 0 Å². The van der Waals surface area contributed by atoms with Crippen LogP contribution in [-0.4, -0.2) is 61.4 Å². The third kappa shape index (κ3) is 4.83. The molecule has 1 saturated heterocycles. The lowest BCUT2D eigenvalue weighted by Gasteiger charge is -2.56. The molecule has 47 heavy (non-hydrogen) atoms. The summed E-state index contributed by atoms with van der Waals surface area (Å²) < 4.78 is 20.1. The van der Waals surface area contributed by atoms with Crippen LogP contribution in [0.1, 0.15) is 103 Å². The summed E-state index contributed by atoms with van der Waals surface area (Å²) in [5.74, 6) is -2.55. The summed E-state index contributed by atoms with van der Waals surface area (Å²) in [6.45, 7) is 14.7. The number of Topliss-reactive ketones (excluding diaryl/α,β-unsaturated/α-hetero) is 2. The zero-order chi connectivity index (χ0) is 34.4. The number of ether oxygens (including phenoxy) is 3. The maximum atomic E-state index is 14.8. The lowest BCUT2D eigenvalue weighted by molar-refractivity contribution is -0.171. The molecule has 1 saturated carbocycles. The van der Waals surface area contributed by atoms with E-state index in [-0.39, 0.29) is 46.8 Å². The molecule has 0 amide bonds. The van der Waals surface area contributed by atoms with E-state index in [1.54, 1.807) is 19.9 Å². The Balaban J connectivity index is 1.53. The number of fused-ring (bicyclic) bond motifs is 3. The zero-order valence-electron chi connectivity index (χ0n) is 28.6. The number of aliphatic carboxylic acids is 1. The fourth-order valence-corrected chi connectivity index (χ4v) is 8.38. The van der Waals surface area contributed by atoms with Gasteiger partial charge in [0.05, 0.1) is 11.2 Å². The molecule has 4 bridgehead atoms. The molecule has 3 N–H and O–H groups in total. The van der Waals surface area contributed by atoms with Crippen LogP contribution in [0.25, 0.3) is 0 Å². The second kappa shape index (κ2) is 10.9. The molecule has 252 valence electrons. The van der Waals surface area contributed by atoms with E-state index in [1.165, 1.54) is 18.6 Å². The molecule has 7 rings (SSSR count). The summed E-state index contributed by atoms with van der Waals surface area (Å²) in [5, 5.41) is 32.5. The molecule has 9 heteroatoms. The number of hydrogen-bond acceptors (Lipinski definition) is 8. The second-order valence-corrected chi connectivity index (χ2v) is 15.3. The van der Waals surface area contributed by atoms with Crippen molar-refractivity contribution in [3.63, 3.8) is 0 Å². The van der Waals surface area contributed by atoms with E-state index in [0.717, 1.165) is 18.4 Å². The Morgan fingerprint density at radius 1 is 1.09 bits per heavy atom. The van der Waals surface area contributed by atoms with E-state index < -0.39 is 52.1 Å². The molecule has 3 aliphatic carbocycles. The van der Waals surface area contributed by atoms with Gasteiger partial charge in [0, 0.05) is 47.0 Å². The highest BCUT2D eigenvalue weighted by Crippen LogP contribution is 2.68. The number of benzene rings is 1. The summed E-state index contributed by atoms with van der Waals surface area (Å²) in [7, 11) is 0. The number of phenols is 1. The highest BCUT2D eigenvalue weighted by atomic mass is 16.6. The van der Waals surface area contributed by atoms with Crippen LogP contribution in [-0.2, 0) is 27.2 Å². The number of allylic oxidation sites excluding steroid dienone is 5. The highest BCUT2D eigenvalue weighted by Gasteiger charge is 2.81. The number of carbonyl (C=O) groups is 3. The summed E-state index contributed by atoms with van der Waals surface area (Å²) in [6, 6.07) is 0. The van der Waals surface area contributed by atoms with Crippen molar-refractivity contribution in [1.82, 2.24) is 0 Å². The minimum atomic E-state index is -1.65. The normalized spacial score (nSPS) is 30.2. The van der Waals surface area contributed by atoms with Crippen molar-refractivity contribution >= 4 is 17.5 Å². The highest BCUT2D eigenvalue weighted by molar-refractivity contribution is 6.18. The van der Waals surface area contributed by atoms with Crippen LogP contribution >= 0.6 is 0 Å². The van der Waals surface area contributed by atoms with Gasteiger partial charge in [0.2, 0.25) is 0 Å². The van der Waals surface area contributed by atoms with Crippen molar-refractivity contribution in [3.8, 4) is 17.2 Å². The first-order valence-electron chi connectivity index (χ1n) is 16.5. The van der Waals surface area contributed by atoms with E-state index in [0.29, 0.717) is 29.7 Å². The molecule has 0 aromatic heterocycles. The van der Waals surface area contributed by atoms with Crippen molar-refractivity contribution in [2.24, 2.45) is 11.8 Å². The van der Waals surface area contributed by atoms with Gasteiger partial charge in [0.25, 0.3) is 0 Å². The van der Waals surface area contributed by atoms with Gasteiger partial charge in [-0.05, 0) is 81.1 Å². The van der Waals surface area contributed by atoms with Crippen LogP contribution in [0, 0.1) is 11.8 Å². The van der Waals surface area contributed by atoms with E-state index in [4.69, 9.17) is 14.2 Å². The number of phenolic OH excluding ortho intramolecular Hbond substituents is 1. The Morgan fingerprint density at radius 2 is 1.79 bits per heavy atom. The fraction of sp³-hybridized carbons (Fsp3) is 0.553. The Bertz CT molecular complexity index is 1710. The zero-order valence-corrected chi connectivity index (χ0v) is 28.6. The Hall–Kier alpha value is -3.69. The number of carbonyl (C=O) groups excluding carboxylic acids is 2. The fourth-order valence-electron chi connectivity index (χ4n) is 8.38. The summed E-state index contributed by atoms with van der Waals surface area (Å²) in [4.78, 5) is 40.8. The van der Waals surface area contributed by atoms with Crippen molar-refractivity contribution in [2.75, 3.05) is 0 Å². The van der Waals surface area contributed by atoms with Gasteiger partial charge in [0.1, 0.15) is 28.9 Å². The van der Waals surface area contributed by atoms with Gasteiger partial charge in [-0.2, -0.15) is 0 Å². The number of rotatable bonds is 9. The quantitative estimate of drug-likeness (QED) is 0.214. The van der Waals surface area contributed by atoms with Crippen LogP contribution in [0.15, 0.2) is 46.6 Å². The number of carboxylic acids is 1. The number of aromatic hydroxyl groups is 1. The van der Waals surface area contributed by atoms with Crippen LogP contribution in [0.3, 0.4) is 0 Å². The van der Waals surface area contributed by atoms with Crippen molar-refractivity contribution in [2.45, 2.75) is 122 Å². The Labute approximate surface area is 276 Å². The van der Waals surface area contributed by atoms with Crippen LogP contribution < -0.4 is 9.47 Å².